The van der Waals surface area contributed by atoms with Crippen molar-refractivity contribution in [2.75, 3.05) is 13.7 Å². The molecule has 1 saturated heterocycles. The third kappa shape index (κ3) is 3.72. The standard InChI is InChI=1S/C18H20N2O4S/c1-11-19-16(12-6-4-3-5-7-12)17(25-11)18(23)20-10-14(24-2)8-13(20)9-15(21)22/h3-7,13-14H,8-10H2,1-2H3,(H,21,22). The number of hydrogen-bond acceptors (Lipinski definition) is 5. The lowest BCUT2D eigenvalue weighted by molar-refractivity contribution is -0.137. The first kappa shape index (κ1) is 17.6. The highest BCUT2D eigenvalue weighted by atomic mass is 32.1. The second kappa shape index (κ2) is 7.33. The van der Waals surface area contributed by atoms with Crippen LogP contribution in [0, 0.1) is 6.92 Å². The smallest absolute Gasteiger partial charge is 0.305 e. The van der Waals surface area contributed by atoms with Crippen LogP contribution in [-0.4, -0.2) is 52.7 Å². The van der Waals surface area contributed by atoms with Crippen molar-refractivity contribution < 1.29 is 19.4 Å². The van der Waals surface area contributed by atoms with Crippen molar-refractivity contribution >= 4 is 23.2 Å². The fourth-order valence-electron chi connectivity index (χ4n) is 3.18. The van der Waals surface area contributed by atoms with Crippen LogP contribution < -0.4 is 0 Å². The topological polar surface area (TPSA) is 79.7 Å². The Kier molecular flexibility index (Phi) is 5.15. The molecule has 2 atom stereocenters. The Morgan fingerprint density at radius 1 is 1.36 bits per heavy atom. The maximum atomic E-state index is 13.2. The van der Waals surface area contributed by atoms with E-state index in [0.717, 1.165) is 10.6 Å². The zero-order valence-corrected chi connectivity index (χ0v) is 15.0. The molecule has 1 aromatic heterocycles. The Balaban J connectivity index is 1.93. The lowest BCUT2D eigenvalue weighted by Crippen LogP contribution is -2.37. The number of ether oxygens (including phenoxy) is 1. The fourth-order valence-corrected chi connectivity index (χ4v) is 4.08. The molecule has 25 heavy (non-hydrogen) atoms. The largest absolute Gasteiger partial charge is 0.481 e. The number of carboxylic acids is 1. The van der Waals surface area contributed by atoms with Crippen LogP contribution >= 0.6 is 11.3 Å². The maximum absolute atomic E-state index is 13.2. The fraction of sp³-hybridized carbons (Fsp3) is 0.389. The van der Waals surface area contributed by atoms with E-state index in [9.17, 15) is 9.59 Å². The average Bonchev–Trinajstić information content (AvgIpc) is 3.18. The van der Waals surface area contributed by atoms with E-state index in [1.165, 1.54) is 11.3 Å². The summed E-state index contributed by atoms with van der Waals surface area (Å²) in [4.78, 5) is 31.0. The van der Waals surface area contributed by atoms with Crippen molar-refractivity contribution in [3.8, 4) is 11.3 Å². The summed E-state index contributed by atoms with van der Waals surface area (Å²) >= 11 is 1.34. The van der Waals surface area contributed by atoms with Crippen LogP contribution in [0.1, 0.15) is 27.5 Å². The predicted octanol–water partition coefficient (Wildman–Crippen LogP) is 2.82. The van der Waals surface area contributed by atoms with Gasteiger partial charge in [0.15, 0.2) is 0 Å². The zero-order chi connectivity index (χ0) is 18.0. The molecule has 2 unspecified atom stereocenters. The van der Waals surface area contributed by atoms with Crippen LogP contribution in [0.25, 0.3) is 11.3 Å². The van der Waals surface area contributed by atoms with E-state index in [-0.39, 0.29) is 24.5 Å². The van der Waals surface area contributed by atoms with Gasteiger partial charge < -0.3 is 14.7 Å². The monoisotopic (exact) mass is 360 g/mol. The molecule has 0 bridgehead atoms. The molecular formula is C18H20N2O4S. The number of rotatable bonds is 5. The highest BCUT2D eigenvalue weighted by Crippen LogP contribution is 2.32. The van der Waals surface area contributed by atoms with Gasteiger partial charge in [0.05, 0.1) is 23.2 Å². The lowest BCUT2D eigenvalue weighted by atomic mass is 10.1. The van der Waals surface area contributed by atoms with Crippen molar-refractivity contribution in [2.45, 2.75) is 31.9 Å². The minimum absolute atomic E-state index is 0.0793. The van der Waals surface area contributed by atoms with Crippen LogP contribution in [0.3, 0.4) is 0 Å². The molecule has 0 aliphatic carbocycles. The Hall–Kier alpha value is -2.25. The minimum Gasteiger partial charge on any atom is -0.481 e. The van der Waals surface area contributed by atoms with E-state index in [1.807, 2.05) is 37.3 Å². The summed E-state index contributed by atoms with van der Waals surface area (Å²) in [5, 5.41) is 9.96. The quantitative estimate of drug-likeness (QED) is 0.887. The number of thiazole rings is 1. The number of hydrogen-bond donors (Lipinski definition) is 1. The highest BCUT2D eigenvalue weighted by molar-refractivity contribution is 7.14. The van der Waals surface area contributed by atoms with Gasteiger partial charge in [0, 0.05) is 25.3 Å². The molecule has 132 valence electrons. The lowest BCUT2D eigenvalue weighted by Gasteiger charge is -2.23. The van der Waals surface area contributed by atoms with Crippen LogP contribution in [0.5, 0.6) is 0 Å². The van der Waals surface area contributed by atoms with Crippen molar-refractivity contribution in [2.24, 2.45) is 0 Å². The number of likely N-dealkylation sites (tertiary alicyclic amines) is 1. The van der Waals surface area contributed by atoms with Crippen molar-refractivity contribution in [3.63, 3.8) is 0 Å². The van der Waals surface area contributed by atoms with Gasteiger partial charge in [0.25, 0.3) is 5.91 Å². The van der Waals surface area contributed by atoms with Crippen molar-refractivity contribution in [1.29, 1.82) is 0 Å². The molecule has 1 aromatic carbocycles. The molecule has 1 N–H and O–H groups in total. The first-order chi connectivity index (χ1) is 12.0. The number of amides is 1. The molecular weight excluding hydrogens is 340 g/mol. The molecule has 0 saturated carbocycles. The SMILES string of the molecule is COC1CC(CC(=O)O)N(C(=O)c2sc(C)nc2-c2ccccc2)C1. The average molecular weight is 360 g/mol. The Labute approximate surface area is 150 Å². The van der Waals surface area contributed by atoms with Gasteiger partial charge in [-0.3, -0.25) is 9.59 Å². The molecule has 6 nitrogen and oxygen atoms in total. The van der Waals surface area contributed by atoms with E-state index in [0.29, 0.717) is 23.5 Å². The zero-order valence-electron chi connectivity index (χ0n) is 14.1. The van der Waals surface area contributed by atoms with Gasteiger partial charge in [-0.05, 0) is 13.3 Å². The molecule has 0 spiro atoms. The predicted molar refractivity (Wildman–Crippen MR) is 94.8 cm³/mol. The molecule has 1 amide bonds. The summed E-state index contributed by atoms with van der Waals surface area (Å²) in [6, 6.07) is 9.20. The molecule has 3 rings (SSSR count). The van der Waals surface area contributed by atoms with Gasteiger partial charge in [-0.1, -0.05) is 30.3 Å². The highest BCUT2D eigenvalue weighted by Gasteiger charge is 2.38. The minimum atomic E-state index is -0.914. The Morgan fingerprint density at radius 3 is 2.72 bits per heavy atom. The van der Waals surface area contributed by atoms with Crippen LogP contribution in [-0.2, 0) is 9.53 Å². The number of benzene rings is 1. The first-order valence-electron chi connectivity index (χ1n) is 8.08. The number of aromatic nitrogens is 1. The second-order valence-electron chi connectivity index (χ2n) is 6.08. The van der Waals surface area contributed by atoms with Crippen molar-refractivity contribution in [1.82, 2.24) is 9.88 Å². The second-order valence-corrected chi connectivity index (χ2v) is 7.28. The summed E-state index contributed by atoms with van der Waals surface area (Å²) in [6.45, 7) is 2.27. The number of carbonyl (C=O) groups excluding carboxylic acids is 1. The summed E-state index contributed by atoms with van der Waals surface area (Å²) in [6.07, 6.45) is 0.319. The van der Waals surface area contributed by atoms with Gasteiger partial charge in [0.2, 0.25) is 0 Å². The number of carbonyl (C=O) groups is 2. The van der Waals surface area contributed by atoms with Crippen LogP contribution in [0.4, 0.5) is 0 Å². The van der Waals surface area contributed by atoms with Gasteiger partial charge in [-0.2, -0.15) is 0 Å². The molecule has 7 heteroatoms. The molecule has 1 fully saturated rings. The van der Waals surface area contributed by atoms with Crippen LogP contribution in [0.15, 0.2) is 30.3 Å². The Bertz CT molecular complexity index is 775. The Morgan fingerprint density at radius 2 is 2.08 bits per heavy atom. The summed E-state index contributed by atoms with van der Waals surface area (Å²) in [5.74, 6) is -1.08. The van der Waals surface area contributed by atoms with Crippen molar-refractivity contribution in [3.05, 3.63) is 40.2 Å². The van der Waals surface area contributed by atoms with E-state index in [1.54, 1.807) is 12.0 Å². The normalized spacial score (nSPS) is 20.0. The molecule has 2 aromatic rings. The molecule has 1 aliphatic rings. The number of methoxy groups -OCH3 is 1. The van der Waals surface area contributed by atoms with E-state index >= 15 is 0 Å². The van der Waals surface area contributed by atoms with Gasteiger partial charge in [0.1, 0.15) is 4.88 Å². The molecule has 0 radical (unpaired) electrons. The van der Waals surface area contributed by atoms with Gasteiger partial charge >= 0.3 is 5.97 Å². The maximum Gasteiger partial charge on any atom is 0.305 e. The number of nitrogens with zero attached hydrogens (tertiary/aromatic N) is 2. The first-order valence-corrected chi connectivity index (χ1v) is 8.89. The van der Waals surface area contributed by atoms with E-state index in [2.05, 4.69) is 4.98 Å². The number of aryl methyl sites for hydroxylation is 1. The third-order valence-electron chi connectivity index (χ3n) is 4.36. The molecule has 1 aliphatic heterocycles. The molecule has 2 heterocycles. The summed E-state index contributed by atoms with van der Waals surface area (Å²) in [7, 11) is 1.59. The third-order valence-corrected chi connectivity index (χ3v) is 5.31. The number of aliphatic carboxylic acids is 1. The van der Waals surface area contributed by atoms with E-state index in [4.69, 9.17) is 9.84 Å². The van der Waals surface area contributed by atoms with E-state index < -0.39 is 5.97 Å². The van der Waals surface area contributed by atoms with Gasteiger partial charge in [-0.25, -0.2) is 4.98 Å². The van der Waals surface area contributed by atoms with Crippen LogP contribution in [0.2, 0.25) is 0 Å². The number of carboxylic acid groups (broad SMARTS) is 1. The van der Waals surface area contributed by atoms with Gasteiger partial charge in [-0.15, -0.1) is 11.3 Å². The summed E-state index contributed by atoms with van der Waals surface area (Å²) < 4.78 is 5.36. The summed E-state index contributed by atoms with van der Waals surface area (Å²) in [5.41, 5.74) is 1.54.